The number of alkyl halides is 1. The SMILES string of the molecule is CC(C)N(C(=O)CCl)c1cc(OCc2ccccc2)ccc1C(N)=O. The number of halogens is 1. The van der Waals surface area contributed by atoms with E-state index in [2.05, 4.69) is 0 Å². The van der Waals surface area contributed by atoms with E-state index in [-0.39, 0.29) is 23.4 Å². The van der Waals surface area contributed by atoms with Crippen LogP contribution in [0.3, 0.4) is 0 Å². The van der Waals surface area contributed by atoms with E-state index in [1.165, 1.54) is 4.90 Å². The minimum Gasteiger partial charge on any atom is -0.489 e. The molecule has 2 rings (SSSR count). The first-order valence-electron chi connectivity index (χ1n) is 7.92. The molecule has 0 radical (unpaired) electrons. The number of hydrogen-bond acceptors (Lipinski definition) is 3. The van der Waals surface area contributed by atoms with Crippen LogP contribution in [-0.2, 0) is 11.4 Å². The fourth-order valence-corrected chi connectivity index (χ4v) is 2.64. The summed E-state index contributed by atoms with van der Waals surface area (Å²) in [6.07, 6.45) is 0. The largest absolute Gasteiger partial charge is 0.489 e. The lowest BCUT2D eigenvalue weighted by Gasteiger charge is -2.28. The lowest BCUT2D eigenvalue weighted by Crippen LogP contribution is -2.39. The standard InChI is InChI=1S/C19H21ClN2O3/c1-13(2)22(18(23)11-20)17-10-15(8-9-16(17)19(21)24)25-12-14-6-4-3-5-7-14/h3-10,13H,11-12H2,1-2H3,(H2,21,24). The smallest absolute Gasteiger partial charge is 0.250 e. The third kappa shape index (κ3) is 4.73. The molecule has 0 fully saturated rings. The highest BCUT2D eigenvalue weighted by molar-refractivity contribution is 6.29. The maximum absolute atomic E-state index is 12.2. The Kier molecular flexibility index (Phi) is 6.42. The Morgan fingerprint density at radius 1 is 1.16 bits per heavy atom. The van der Waals surface area contributed by atoms with E-state index in [9.17, 15) is 9.59 Å². The second-order valence-electron chi connectivity index (χ2n) is 5.81. The van der Waals surface area contributed by atoms with Crippen molar-refractivity contribution < 1.29 is 14.3 Å². The summed E-state index contributed by atoms with van der Waals surface area (Å²) in [6.45, 7) is 4.06. The predicted molar refractivity (Wildman–Crippen MR) is 99.1 cm³/mol. The Labute approximate surface area is 152 Å². The van der Waals surface area contributed by atoms with Gasteiger partial charge in [0.05, 0.1) is 11.3 Å². The molecule has 0 saturated carbocycles. The predicted octanol–water partition coefficient (Wildman–Crippen LogP) is 3.34. The van der Waals surface area contributed by atoms with Gasteiger partial charge in [0.2, 0.25) is 5.91 Å². The van der Waals surface area contributed by atoms with Crippen molar-refractivity contribution in [3.63, 3.8) is 0 Å². The number of nitrogens with zero attached hydrogens (tertiary/aromatic N) is 1. The maximum atomic E-state index is 12.2. The van der Waals surface area contributed by atoms with Crippen molar-refractivity contribution in [1.29, 1.82) is 0 Å². The molecule has 0 heterocycles. The molecule has 0 bridgehead atoms. The summed E-state index contributed by atoms with van der Waals surface area (Å²) in [5, 5.41) is 0. The normalized spacial score (nSPS) is 10.6. The zero-order valence-electron chi connectivity index (χ0n) is 14.2. The lowest BCUT2D eigenvalue weighted by molar-refractivity contribution is -0.116. The van der Waals surface area contributed by atoms with Gasteiger partial charge in [0.1, 0.15) is 18.2 Å². The van der Waals surface area contributed by atoms with Gasteiger partial charge in [-0.2, -0.15) is 0 Å². The van der Waals surface area contributed by atoms with Crippen LogP contribution in [0, 0.1) is 0 Å². The van der Waals surface area contributed by atoms with Crippen LogP contribution in [0.5, 0.6) is 5.75 Å². The van der Waals surface area contributed by atoms with Crippen molar-refractivity contribution in [2.24, 2.45) is 5.73 Å². The highest BCUT2D eigenvalue weighted by Gasteiger charge is 2.23. The average Bonchev–Trinajstić information content (AvgIpc) is 2.60. The van der Waals surface area contributed by atoms with Crippen LogP contribution in [0.2, 0.25) is 0 Å². The monoisotopic (exact) mass is 360 g/mol. The molecule has 0 aromatic heterocycles. The summed E-state index contributed by atoms with van der Waals surface area (Å²) >= 11 is 5.71. The molecule has 2 N–H and O–H groups in total. The molecule has 0 aliphatic carbocycles. The summed E-state index contributed by atoms with van der Waals surface area (Å²) in [6, 6.07) is 14.4. The molecular weight excluding hydrogens is 340 g/mol. The number of primary amides is 1. The fraction of sp³-hybridized carbons (Fsp3) is 0.263. The second kappa shape index (κ2) is 8.53. The number of anilines is 1. The summed E-state index contributed by atoms with van der Waals surface area (Å²) in [5.41, 5.74) is 7.12. The summed E-state index contributed by atoms with van der Waals surface area (Å²) in [7, 11) is 0. The van der Waals surface area contributed by atoms with Gasteiger partial charge in [-0.3, -0.25) is 9.59 Å². The topological polar surface area (TPSA) is 72.6 Å². The molecule has 2 aromatic rings. The van der Waals surface area contributed by atoms with Crippen LogP contribution in [-0.4, -0.2) is 23.7 Å². The molecule has 5 nitrogen and oxygen atoms in total. The molecular formula is C19H21ClN2O3. The molecule has 0 spiro atoms. The molecule has 0 aliphatic rings. The van der Waals surface area contributed by atoms with Crippen LogP contribution in [0.25, 0.3) is 0 Å². The molecule has 132 valence electrons. The number of carbonyl (C=O) groups excluding carboxylic acids is 2. The van der Waals surface area contributed by atoms with Gasteiger partial charge in [-0.05, 0) is 31.5 Å². The van der Waals surface area contributed by atoms with Crippen LogP contribution < -0.4 is 15.4 Å². The Balaban J connectivity index is 2.35. The quantitative estimate of drug-likeness (QED) is 0.769. The van der Waals surface area contributed by atoms with Gasteiger partial charge in [-0.25, -0.2) is 0 Å². The van der Waals surface area contributed by atoms with Crippen LogP contribution in [0.4, 0.5) is 5.69 Å². The minimum atomic E-state index is -0.613. The molecule has 25 heavy (non-hydrogen) atoms. The number of amides is 2. The highest BCUT2D eigenvalue weighted by Crippen LogP contribution is 2.28. The molecule has 0 atom stereocenters. The van der Waals surface area contributed by atoms with Crippen LogP contribution in [0.15, 0.2) is 48.5 Å². The van der Waals surface area contributed by atoms with E-state index in [1.807, 2.05) is 44.2 Å². The number of ether oxygens (including phenoxy) is 1. The maximum Gasteiger partial charge on any atom is 0.250 e. The van der Waals surface area contributed by atoms with E-state index in [0.29, 0.717) is 18.0 Å². The summed E-state index contributed by atoms with van der Waals surface area (Å²) in [4.78, 5) is 25.4. The van der Waals surface area contributed by atoms with Crippen molar-refractivity contribution in [2.45, 2.75) is 26.5 Å². The Morgan fingerprint density at radius 3 is 2.40 bits per heavy atom. The number of rotatable bonds is 7. The number of nitrogens with two attached hydrogens (primary N) is 1. The Bertz CT molecular complexity index is 748. The summed E-state index contributed by atoms with van der Waals surface area (Å²) < 4.78 is 5.79. The zero-order valence-corrected chi connectivity index (χ0v) is 15.0. The first-order valence-corrected chi connectivity index (χ1v) is 8.46. The van der Waals surface area contributed by atoms with Crippen LogP contribution >= 0.6 is 11.6 Å². The van der Waals surface area contributed by atoms with E-state index < -0.39 is 5.91 Å². The molecule has 2 amide bonds. The van der Waals surface area contributed by atoms with E-state index in [0.717, 1.165) is 5.56 Å². The van der Waals surface area contributed by atoms with Crippen molar-refractivity contribution in [3.8, 4) is 5.75 Å². The van der Waals surface area contributed by atoms with Crippen molar-refractivity contribution in [3.05, 3.63) is 59.7 Å². The third-order valence-electron chi connectivity index (χ3n) is 3.64. The Morgan fingerprint density at radius 2 is 1.84 bits per heavy atom. The molecule has 2 aromatic carbocycles. The van der Waals surface area contributed by atoms with Gasteiger partial charge in [0.25, 0.3) is 5.91 Å². The Hall–Kier alpha value is -2.53. The number of benzene rings is 2. The molecule has 6 heteroatoms. The highest BCUT2D eigenvalue weighted by atomic mass is 35.5. The first-order chi connectivity index (χ1) is 11.9. The average molecular weight is 361 g/mol. The van der Waals surface area contributed by atoms with Gasteiger partial charge in [-0.15, -0.1) is 11.6 Å². The van der Waals surface area contributed by atoms with Gasteiger partial charge < -0.3 is 15.4 Å². The lowest BCUT2D eigenvalue weighted by atomic mass is 10.1. The van der Waals surface area contributed by atoms with E-state index in [1.54, 1.807) is 18.2 Å². The fourth-order valence-electron chi connectivity index (χ4n) is 2.51. The zero-order chi connectivity index (χ0) is 18.4. The van der Waals surface area contributed by atoms with Gasteiger partial charge in [-0.1, -0.05) is 30.3 Å². The number of carbonyl (C=O) groups is 2. The van der Waals surface area contributed by atoms with Crippen molar-refractivity contribution >= 4 is 29.1 Å². The third-order valence-corrected chi connectivity index (χ3v) is 3.87. The minimum absolute atomic E-state index is 0.186. The number of hydrogen-bond donors (Lipinski definition) is 1. The molecule has 0 saturated heterocycles. The van der Waals surface area contributed by atoms with Gasteiger partial charge in [0, 0.05) is 12.1 Å². The van der Waals surface area contributed by atoms with Crippen molar-refractivity contribution in [1.82, 2.24) is 0 Å². The van der Waals surface area contributed by atoms with E-state index in [4.69, 9.17) is 22.1 Å². The second-order valence-corrected chi connectivity index (χ2v) is 6.08. The van der Waals surface area contributed by atoms with Crippen molar-refractivity contribution in [2.75, 3.05) is 10.8 Å². The van der Waals surface area contributed by atoms with Crippen LogP contribution in [0.1, 0.15) is 29.8 Å². The molecule has 0 aliphatic heterocycles. The molecule has 0 unspecified atom stereocenters. The van der Waals surface area contributed by atoms with Gasteiger partial charge >= 0.3 is 0 Å². The first kappa shape index (κ1) is 18.8. The summed E-state index contributed by atoms with van der Waals surface area (Å²) in [5.74, 6) is -0.570. The van der Waals surface area contributed by atoms with Gasteiger partial charge in [0.15, 0.2) is 0 Å². The van der Waals surface area contributed by atoms with E-state index >= 15 is 0 Å².